The second-order valence-corrected chi connectivity index (χ2v) is 2.01. The van der Waals surface area contributed by atoms with Crippen molar-refractivity contribution >= 4 is 12.6 Å². The minimum atomic E-state index is 0.954. The van der Waals surface area contributed by atoms with Crippen LogP contribution in [0, 0.1) is 0 Å². The maximum absolute atomic E-state index is 4.14. The molecule has 2 heteroatoms. The third-order valence-electron chi connectivity index (χ3n) is 0.755. The summed E-state index contributed by atoms with van der Waals surface area (Å²) in [6.45, 7) is 5.10. The summed E-state index contributed by atoms with van der Waals surface area (Å²) in [5.74, 6) is 0. The highest BCUT2D eigenvalue weighted by atomic mass is 32.1. The third-order valence-corrected chi connectivity index (χ3v) is 1.10. The van der Waals surface area contributed by atoms with E-state index >= 15 is 0 Å². The van der Waals surface area contributed by atoms with Gasteiger partial charge in [0.15, 0.2) is 0 Å². The van der Waals surface area contributed by atoms with Crippen molar-refractivity contribution in [3.05, 3.63) is 11.1 Å². The molecular weight excluding hydrogens is 118 g/mol. The lowest BCUT2D eigenvalue weighted by Crippen LogP contribution is -2.06. The van der Waals surface area contributed by atoms with Crippen LogP contribution in [0.4, 0.5) is 0 Å². The number of thiol groups is 1. The molecule has 0 aliphatic rings. The third kappa shape index (κ3) is 4.06. The van der Waals surface area contributed by atoms with E-state index in [1.807, 2.05) is 6.08 Å². The zero-order chi connectivity index (χ0) is 6.41. The molecule has 0 aliphatic heterocycles. The van der Waals surface area contributed by atoms with Crippen LogP contribution in [0.15, 0.2) is 11.1 Å². The molecule has 1 N–H and O–H groups in total. The van der Waals surface area contributed by atoms with Crippen LogP contribution in [0.3, 0.4) is 0 Å². The van der Waals surface area contributed by atoms with E-state index in [2.05, 4.69) is 31.8 Å². The maximum atomic E-state index is 4.14. The Morgan fingerprint density at radius 2 is 2.25 bits per heavy atom. The monoisotopic (exact) mass is 131 g/mol. The van der Waals surface area contributed by atoms with E-state index < -0.39 is 0 Å². The zero-order valence-corrected chi connectivity index (χ0v) is 6.33. The Bertz CT molecular complexity index is 78.6. The lowest BCUT2D eigenvalue weighted by molar-refractivity contribution is 0.898. The van der Waals surface area contributed by atoms with Gasteiger partial charge in [0, 0.05) is 6.54 Å². The highest BCUT2D eigenvalue weighted by Crippen LogP contribution is 1.94. The van der Waals surface area contributed by atoms with Gasteiger partial charge >= 0.3 is 0 Å². The van der Waals surface area contributed by atoms with Gasteiger partial charge in [-0.3, -0.25) is 0 Å². The molecule has 0 amide bonds. The molecule has 0 heterocycles. The summed E-state index contributed by atoms with van der Waals surface area (Å²) in [4.78, 5) is 0. The first kappa shape index (κ1) is 7.89. The van der Waals surface area contributed by atoms with Crippen LogP contribution in [0.1, 0.15) is 20.3 Å². The molecule has 0 spiro atoms. The second kappa shape index (κ2) is 5.04. The van der Waals surface area contributed by atoms with Crippen LogP contribution in [0.2, 0.25) is 0 Å². The van der Waals surface area contributed by atoms with Gasteiger partial charge in [0.25, 0.3) is 0 Å². The van der Waals surface area contributed by atoms with E-state index in [0.717, 1.165) is 18.0 Å². The van der Waals surface area contributed by atoms with E-state index in [4.69, 9.17) is 0 Å². The summed E-state index contributed by atoms with van der Waals surface area (Å²) < 4.78 is 0. The quantitative estimate of drug-likeness (QED) is 0.556. The smallest absolute Gasteiger partial charge is 0.0609 e. The van der Waals surface area contributed by atoms with Crippen molar-refractivity contribution in [3.8, 4) is 0 Å². The molecule has 8 heavy (non-hydrogen) atoms. The van der Waals surface area contributed by atoms with E-state index in [1.54, 1.807) is 0 Å². The minimum absolute atomic E-state index is 0.954. The molecule has 48 valence electrons. The molecule has 0 aromatic rings. The van der Waals surface area contributed by atoms with Crippen molar-refractivity contribution in [2.24, 2.45) is 0 Å². The van der Waals surface area contributed by atoms with E-state index in [-0.39, 0.29) is 0 Å². The van der Waals surface area contributed by atoms with Gasteiger partial charge < -0.3 is 5.32 Å². The molecule has 0 unspecified atom stereocenters. The van der Waals surface area contributed by atoms with Crippen molar-refractivity contribution in [1.29, 1.82) is 0 Å². The summed E-state index contributed by atoms with van der Waals surface area (Å²) in [7, 11) is 0. The maximum Gasteiger partial charge on any atom is 0.0609 e. The molecule has 0 aromatic carbocycles. The van der Waals surface area contributed by atoms with E-state index in [9.17, 15) is 0 Å². The Hall–Kier alpha value is -0.110. The average molecular weight is 131 g/mol. The van der Waals surface area contributed by atoms with Crippen LogP contribution in [0.25, 0.3) is 0 Å². The number of allylic oxidation sites excluding steroid dienone is 1. The van der Waals surface area contributed by atoms with Crippen LogP contribution >= 0.6 is 12.6 Å². The van der Waals surface area contributed by atoms with Crippen LogP contribution in [0.5, 0.6) is 0 Å². The van der Waals surface area contributed by atoms with Crippen molar-refractivity contribution in [3.63, 3.8) is 0 Å². The number of hydrogen-bond acceptors (Lipinski definition) is 2. The molecule has 0 fully saturated rings. The standard InChI is InChI=1S/C6H13NS/c1-3-5-6(8)7-4-2/h5,7-8H,3-4H2,1-2H3/b6-5+. The van der Waals surface area contributed by atoms with Gasteiger partial charge in [-0.15, -0.1) is 12.6 Å². The zero-order valence-electron chi connectivity index (χ0n) is 5.44. The minimum Gasteiger partial charge on any atom is -0.381 e. The predicted molar refractivity (Wildman–Crippen MR) is 41.0 cm³/mol. The van der Waals surface area contributed by atoms with Gasteiger partial charge in [0.05, 0.1) is 5.03 Å². The van der Waals surface area contributed by atoms with Gasteiger partial charge in [0.1, 0.15) is 0 Å². The summed E-state index contributed by atoms with van der Waals surface area (Å²) in [5, 5.41) is 4.05. The Morgan fingerprint density at radius 3 is 2.62 bits per heavy atom. The van der Waals surface area contributed by atoms with Crippen LogP contribution < -0.4 is 5.32 Å². The highest BCUT2D eigenvalue weighted by Gasteiger charge is 1.79. The normalized spacial score (nSPS) is 11.6. The molecule has 0 radical (unpaired) electrons. The van der Waals surface area contributed by atoms with Gasteiger partial charge in [-0.2, -0.15) is 0 Å². The summed E-state index contributed by atoms with van der Waals surface area (Å²) in [6.07, 6.45) is 3.10. The van der Waals surface area contributed by atoms with Crippen molar-refractivity contribution in [2.75, 3.05) is 6.54 Å². The fourth-order valence-corrected chi connectivity index (χ4v) is 0.787. The van der Waals surface area contributed by atoms with Gasteiger partial charge in [0.2, 0.25) is 0 Å². The van der Waals surface area contributed by atoms with E-state index in [0.29, 0.717) is 0 Å². The first-order valence-corrected chi connectivity index (χ1v) is 3.39. The first-order chi connectivity index (χ1) is 3.81. The number of nitrogens with one attached hydrogen (secondary N) is 1. The van der Waals surface area contributed by atoms with E-state index in [1.165, 1.54) is 0 Å². The van der Waals surface area contributed by atoms with Crippen molar-refractivity contribution < 1.29 is 0 Å². The molecule has 0 rings (SSSR count). The largest absolute Gasteiger partial charge is 0.381 e. The number of rotatable bonds is 3. The molecule has 0 aliphatic carbocycles. The first-order valence-electron chi connectivity index (χ1n) is 2.94. The van der Waals surface area contributed by atoms with Crippen molar-refractivity contribution in [2.45, 2.75) is 20.3 Å². The van der Waals surface area contributed by atoms with Gasteiger partial charge in [-0.05, 0) is 13.3 Å². The molecule has 1 nitrogen and oxygen atoms in total. The lowest BCUT2D eigenvalue weighted by atomic mass is 10.5. The Balaban J connectivity index is 3.29. The van der Waals surface area contributed by atoms with Gasteiger partial charge in [-0.25, -0.2) is 0 Å². The van der Waals surface area contributed by atoms with Crippen molar-refractivity contribution in [1.82, 2.24) is 5.32 Å². The van der Waals surface area contributed by atoms with Gasteiger partial charge in [-0.1, -0.05) is 13.0 Å². The summed E-state index contributed by atoms with van der Waals surface area (Å²) in [5.41, 5.74) is 0. The molecule has 0 atom stereocenters. The summed E-state index contributed by atoms with van der Waals surface area (Å²) in [6, 6.07) is 0. The fraction of sp³-hybridized carbons (Fsp3) is 0.667. The number of hydrogen-bond donors (Lipinski definition) is 2. The SMILES string of the molecule is CC/C=C(/S)NCC. The average Bonchev–Trinajstić information content (AvgIpc) is 1.68. The van der Waals surface area contributed by atoms with Crippen LogP contribution in [-0.4, -0.2) is 6.54 Å². The highest BCUT2D eigenvalue weighted by molar-refractivity contribution is 7.84. The topological polar surface area (TPSA) is 12.0 Å². The Labute approximate surface area is 56.6 Å². The lowest BCUT2D eigenvalue weighted by Gasteiger charge is -1.98. The Kier molecular flexibility index (Phi) is 4.97. The Morgan fingerprint density at radius 1 is 1.62 bits per heavy atom. The molecular formula is C6H13NS. The summed E-state index contributed by atoms with van der Waals surface area (Å²) >= 11 is 4.14. The molecule has 0 saturated heterocycles. The molecule has 0 saturated carbocycles. The predicted octanol–water partition coefficient (Wildman–Crippen LogP) is 1.78. The second-order valence-electron chi connectivity index (χ2n) is 1.53. The molecule has 0 aromatic heterocycles. The fourth-order valence-electron chi connectivity index (χ4n) is 0.447. The van der Waals surface area contributed by atoms with Crippen LogP contribution in [-0.2, 0) is 0 Å². The molecule has 0 bridgehead atoms.